The van der Waals surface area contributed by atoms with Gasteiger partial charge in [-0.2, -0.15) is 0 Å². The smallest absolute Gasteiger partial charge is 0.134 e. The third-order valence-electron chi connectivity index (χ3n) is 3.81. The molecule has 1 saturated heterocycles. The Kier molecular flexibility index (Phi) is 2.67. The first-order valence-electron chi connectivity index (χ1n) is 6.48. The summed E-state index contributed by atoms with van der Waals surface area (Å²) >= 11 is 0. The number of rotatable bonds is 1. The maximum Gasteiger partial charge on any atom is 0.134 e. The molecule has 0 saturated carbocycles. The summed E-state index contributed by atoms with van der Waals surface area (Å²) in [6.45, 7) is 5.40. The number of hydrogen-bond donors (Lipinski definition) is 1. The van der Waals surface area contributed by atoms with Crippen LogP contribution in [0.2, 0.25) is 0 Å². The number of nitrogens with one attached hydrogen (secondary N) is 1. The predicted molar refractivity (Wildman–Crippen MR) is 70.3 cm³/mol. The summed E-state index contributed by atoms with van der Waals surface area (Å²) in [5, 5.41) is 4.76. The minimum Gasteiger partial charge on any atom is -0.459 e. The van der Waals surface area contributed by atoms with Crippen molar-refractivity contribution in [3.05, 3.63) is 35.1 Å². The highest BCUT2D eigenvalue weighted by molar-refractivity contribution is 5.79. The maximum atomic E-state index is 5.98. The molecule has 1 N–H and O–H groups in total. The van der Waals surface area contributed by atoms with Crippen molar-refractivity contribution in [2.24, 2.45) is 0 Å². The van der Waals surface area contributed by atoms with Crippen molar-refractivity contribution in [2.75, 3.05) is 6.54 Å². The zero-order chi connectivity index (χ0) is 11.8. The lowest BCUT2D eigenvalue weighted by atomic mass is 10.0. The molecule has 1 fully saturated rings. The Morgan fingerprint density at radius 1 is 1.12 bits per heavy atom. The normalized spacial score (nSPS) is 20.9. The predicted octanol–water partition coefficient (Wildman–Crippen LogP) is 3.86. The van der Waals surface area contributed by atoms with E-state index in [4.69, 9.17) is 4.42 Å². The van der Waals surface area contributed by atoms with Crippen LogP contribution in [0.1, 0.15) is 42.2 Å². The second-order valence-electron chi connectivity index (χ2n) is 5.13. The molecule has 0 radical (unpaired) electrons. The van der Waals surface area contributed by atoms with Gasteiger partial charge < -0.3 is 9.73 Å². The van der Waals surface area contributed by atoms with Gasteiger partial charge in [0.25, 0.3) is 0 Å². The van der Waals surface area contributed by atoms with Crippen LogP contribution in [0, 0.1) is 13.8 Å². The molecule has 0 spiro atoms. The van der Waals surface area contributed by atoms with Crippen molar-refractivity contribution < 1.29 is 4.42 Å². The molecule has 3 rings (SSSR count). The molecule has 0 bridgehead atoms. The summed E-state index contributed by atoms with van der Waals surface area (Å²) in [4.78, 5) is 0. The number of fused-ring (bicyclic) bond motifs is 1. The van der Waals surface area contributed by atoms with Crippen LogP contribution in [0.4, 0.5) is 0 Å². The van der Waals surface area contributed by atoms with Crippen LogP contribution in [0.25, 0.3) is 11.0 Å². The molecule has 2 heteroatoms. The topological polar surface area (TPSA) is 25.2 Å². The van der Waals surface area contributed by atoms with Gasteiger partial charge in [-0.25, -0.2) is 0 Å². The molecule has 0 amide bonds. The van der Waals surface area contributed by atoms with Crippen molar-refractivity contribution in [3.8, 4) is 0 Å². The number of piperidine rings is 1. The monoisotopic (exact) mass is 229 g/mol. The van der Waals surface area contributed by atoms with Gasteiger partial charge in [0.05, 0.1) is 6.04 Å². The largest absolute Gasteiger partial charge is 0.459 e. The number of benzene rings is 1. The summed E-state index contributed by atoms with van der Waals surface area (Å²) < 4.78 is 5.98. The summed E-state index contributed by atoms with van der Waals surface area (Å²) in [6.07, 6.45) is 3.78. The third kappa shape index (κ3) is 1.98. The molecular formula is C15H19NO. The molecule has 1 atom stereocenters. The molecule has 1 aromatic carbocycles. The van der Waals surface area contributed by atoms with Gasteiger partial charge in [0, 0.05) is 5.39 Å². The standard InChI is InChI=1S/C15H19NO/c1-10-7-12-9-15(13-5-3-4-6-16-13)17-14(12)8-11(10)2/h7-9,13,16H,3-6H2,1-2H3. The van der Waals surface area contributed by atoms with E-state index in [0.29, 0.717) is 6.04 Å². The van der Waals surface area contributed by atoms with E-state index in [9.17, 15) is 0 Å². The Hall–Kier alpha value is -1.28. The van der Waals surface area contributed by atoms with Crippen molar-refractivity contribution in [1.82, 2.24) is 5.32 Å². The van der Waals surface area contributed by atoms with Crippen LogP contribution in [0.3, 0.4) is 0 Å². The lowest BCUT2D eigenvalue weighted by Crippen LogP contribution is -2.26. The fourth-order valence-electron chi connectivity index (χ4n) is 2.59. The zero-order valence-electron chi connectivity index (χ0n) is 10.5. The number of aryl methyl sites for hydroxylation is 2. The van der Waals surface area contributed by atoms with Crippen LogP contribution < -0.4 is 5.32 Å². The lowest BCUT2D eigenvalue weighted by molar-refractivity contribution is 0.358. The lowest BCUT2D eigenvalue weighted by Gasteiger charge is -2.21. The summed E-state index contributed by atoms with van der Waals surface area (Å²) in [6, 6.07) is 6.99. The van der Waals surface area contributed by atoms with Gasteiger partial charge in [-0.3, -0.25) is 0 Å². The van der Waals surface area contributed by atoms with Crippen LogP contribution in [0.5, 0.6) is 0 Å². The van der Waals surface area contributed by atoms with Gasteiger partial charge >= 0.3 is 0 Å². The fraction of sp³-hybridized carbons (Fsp3) is 0.467. The minimum absolute atomic E-state index is 0.414. The van der Waals surface area contributed by atoms with Gasteiger partial charge in [-0.1, -0.05) is 6.42 Å². The third-order valence-corrected chi connectivity index (χ3v) is 3.81. The quantitative estimate of drug-likeness (QED) is 0.803. The van der Waals surface area contributed by atoms with Crippen molar-refractivity contribution >= 4 is 11.0 Å². The van der Waals surface area contributed by atoms with Crippen LogP contribution in [-0.2, 0) is 0 Å². The molecule has 1 aliphatic rings. The average molecular weight is 229 g/mol. The SMILES string of the molecule is Cc1cc2cc(C3CCCCN3)oc2cc1C. The molecular weight excluding hydrogens is 210 g/mol. The summed E-state index contributed by atoms with van der Waals surface area (Å²) in [7, 11) is 0. The molecule has 2 aromatic rings. The molecule has 1 unspecified atom stereocenters. The van der Waals surface area contributed by atoms with E-state index < -0.39 is 0 Å². The second kappa shape index (κ2) is 4.19. The molecule has 2 heterocycles. The fourth-order valence-corrected chi connectivity index (χ4v) is 2.59. The number of furan rings is 1. The molecule has 1 aliphatic heterocycles. The molecule has 17 heavy (non-hydrogen) atoms. The Balaban J connectivity index is 2.00. The average Bonchev–Trinajstić information content (AvgIpc) is 2.74. The van der Waals surface area contributed by atoms with Gasteiger partial charge in [0.2, 0.25) is 0 Å². The first kappa shape index (κ1) is 10.8. The highest BCUT2D eigenvalue weighted by atomic mass is 16.3. The van der Waals surface area contributed by atoms with Gasteiger partial charge in [0.1, 0.15) is 11.3 Å². The van der Waals surface area contributed by atoms with Crippen molar-refractivity contribution in [3.63, 3.8) is 0 Å². The molecule has 2 nitrogen and oxygen atoms in total. The summed E-state index contributed by atoms with van der Waals surface area (Å²) in [5.41, 5.74) is 3.66. The van der Waals surface area contributed by atoms with E-state index in [1.165, 1.54) is 35.8 Å². The highest BCUT2D eigenvalue weighted by Crippen LogP contribution is 2.30. The first-order chi connectivity index (χ1) is 8.24. The van der Waals surface area contributed by atoms with Gasteiger partial charge in [-0.15, -0.1) is 0 Å². The van der Waals surface area contributed by atoms with Gasteiger partial charge in [0.15, 0.2) is 0 Å². The Labute approximate surface area is 102 Å². The maximum absolute atomic E-state index is 5.98. The minimum atomic E-state index is 0.414. The second-order valence-corrected chi connectivity index (χ2v) is 5.13. The molecule has 90 valence electrons. The summed E-state index contributed by atoms with van der Waals surface area (Å²) in [5.74, 6) is 1.10. The van der Waals surface area contributed by atoms with E-state index in [0.717, 1.165) is 17.9 Å². The van der Waals surface area contributed by atoms with E-state index >= 15 is 0 Å². The van der Waals surface area contributed by atoms with Crippen LogP contribution >= 0.6 is 0 Å². The Bertz CT molecular complexity index is 496. The van der Waals surface area contributed by atoms with E-state index in [1.807, 2.05) is 0 Å². The first-order valence-corrected chi connectivity index (χ1v) is 6.48. The highest BCUT2D eigenvalue weighted by Gasteiger charge is 2.18. The van der Waals surface area contributed by atoms with Crippen molar-refractivity contribution in [2.45, 2.75) is 39.2 Å². The molecule has 1 aromatic heterocycles. The number of hydrogen-bond acceptors (Lipinski definition) is 2. The van der Waals surface area contributed by atoms with E-state index in [1.54, 1.807) is 0 Å². The van der Waals surface area contributed by atoms with E-state index in [-0.39, 0.29) is 0 Å². The zero-order valence-corrected chi connectivity index (χ0v) is 10.5. The molecule has 0 aliphatic carbocycles. The Morgan fingerprint density at radius 3 is 2.71 bits per heavy atom. The van der Waals surface area contributed by atoms with Crippen LogP contribution in [-0.4, -0.2) is 6.54 Å². The Morgan fingerprint density at radius 2 is 1.94 bits per heavy atom. The van der Waals surface area contributed by atoms with Gasteiger partial charge in [-0.05, 0) is 62.6 Å². The van der Waals surface area contributed by atoms with E-state index in [2.05, 4.69) is 37.4 Å². The van der Waals surface area contributed by atoms with Crippen molar-refractivity contribution in [1.29, 1.82) is 0 Å². The van der Waals surface area contributed by atoms with Crippen LogP contribution in [0.15, 0.2) is 22.6 Å².